The lowest BCUT2D eigenvalue weighted by molar-refractivity contribution is -0.124. The molecule has 0 spiro atoms. The summed E-state index contributed by atoms with van der Waals surface area (Å²) in [6, 6.07) is 11.0. The van der Waals surface area contributed by atoms with Crippen LogP contribution < -0.4 is 9.64 Å². The van der Waals surface area contributed by atoms with Gasteiger partial charge in [0, 0.05) is 24.3 Å². The molecule has 5 nitrogen and oxygen atoms in total. The Morgan fingerprint density at radius 1 is 1.19 bits per heavy atom. The Hall–Kier alpha value is -2.89. The van der Waals surface area contributed by atoms with Crippen molar-refractivity contribution >= 4 is 17.5 Å². The molecule has 1 heterocycles. The number of rotatable bonds is 3. The van der Waals surface area contributed by atoms with Crippen molar-refractivity contribution < 1.29 is 18.7 Å². The number of carbonyl (C=O) groups excluding carboxylic acids is 2. The zero-order chi connectivity index (χ0) is 18.8. The van der Waals surface area contributed by atoms with Crippen LogP contribution >= 0.6 is 0 Å². The average molecular weight is 356 g/mol. The maximum Gasteiger partial charge on any atom is 0.254 e. The van der Waals surface area contributed by atoms with Crippen molar-refractivity contribution in [1.82, 2.24) is 4.90 Å². The van der Waals surface area contributed by atoms with E-state index in [2.05, 4.69) is 0 Å². The zero-order valence-electron chi connectivity index (χ0n) is 15.0. The molecule has 0 N–H and O–H groups in total. The molecule has 0 bridgehead atoms. The first-order chi connectivity index (χ1) is 12.4. The van der Waals surface area contributed by atoms with Gasteiger partial charge in [-0.05, 0) is 49.7 Å². The number of hydrogen-bond acceptors (Lipinski definition) is 3. The van der Waals surface area contributed by atoms with Gasteiger partial charge >= 0.3 is 0 Å². The molecule has 1 aliphatic heterocycles. The number of aryl methyl sites for hydroxylation is 1. The number of carbonyl (C=O) groups is 2. The maximum atomic E-state index is 13.8. The summed E-state index contributed by atoms with van der Waals surface area (Å²) in [6.45, 7) is 4.06. The van der Waals surface area contributed by atoms with Gasteiger partial charge in [-0.2, -0.15) is 0 Å². The highest BCUT2D eigenvalue weighted by Gasteiger charge is 2.35. The van der Waals surface area contributed by atoms with E-state index in [9.17, 15) is 14.0 Å². The fourth-order valence-corrected chi connectivity index (χ4v) is 3.08. The number of piperazine rings is 1. The van der Waals surface area contributed by atoms with Gasteiger partial charge in [0.25, 0.3) is 5.91 Å². The van der Waals surface area contributed by atoms with E-state index in [1.54, 1.807) is 50.2 Å². The average Bonchev–Trinajstić information content (AvgIpc) is 2.66. The number of nitrogens with zero attached hydrogens (tertiary/aromatic N) is 2. The highest BCUT2D eigenvalue weighted by molar-refractivity contribution is 6.03. The van der Waals surface area contributed by atoms with Gasteiger partial charge in [-0.1, -0.05) is 12.1 Å². The number of amides is 2. The van der Waals surface area contributed by atoms with E-state index in [4.69, 9.17) is 4.74 Å². The van der Waals surface area contributed by atoms with Crippen LogP contribution in [0.25, 0.3) is 0 Å². The minimum absolute atomic E-state index is 0.223. The van der Waals surface area contributed by atoms with Crippen molar-refractivity contribution in [2.45, 2.75) is 19.9 Å². The van der Waals surface area contributed by atoms with Crippen LogP contribution in [0.5, 0.6) is 5.75 Å². The summed E-state index contributed by atoms with van der Waals surface area (Å²) in [4.78, 5) is 28.7. The third-order valence-electron chi connectivity index (χ3n) is 4.70. The summed E-state index contributed by atoms with van der Waals surface area (Å²) in [6.07, 6.45) is 0. The van der Waals surface area contributed by atoms with Gasteiger partial charge < -0.3 is 14.5 Å². The minimum Gasteiger partial charge on any atom is -0.497 e. The number of halogens is 1. The molecule has 1 aliphatic rings. The molecule has 0 aromatic heterocycles. The highest BCUT2D eigenvalue weighted by Crippen LogP contribution is 2.24. The molecule has 1 fully saturated rings. The summed E-state index contributed by atoms with van der Waals surface area (Å²) >= 11 is 0. The second kappa shape index (κ2) is 7.15. The van der Waals surface area contributed by atoms with Crippen LogP contribution in [-0.2, 0) is 4.79 Å². The largest absolute Gasteiger partial charge is 0.497 e. The van der Waals surface area contributed by atoms with E-state index in [0.717, 1.165) is 0 Å². The number of anilines is 1. The molecule has 26 heavy (non-hydrogen) atoms. The van der Waals surface area contributed by atoms with Gasteiger partial charge in [0.1, 0.15) is 17.6 Å². The van der Waals surface area contributed by atoms with Crippen molar-refractivity contribution in [2.75, 3.05) is 25.1 Å². The normalized spacial score (nSPS) is 17.4. The Balaban J connectivity index is 1.80. The van der Waals surface area contributed by atoms with Crippen LogP contribution in [0.3, 0.4) is 0 Å². The second-order valence-corrected chi connectivity index (χ2v) is 6.33. The summed E-state index contributed by atoms with van der Waals surface area (Å²) in [5.41, 5.74) is 1.51. The SMILES string of the molecule is COc1cccc(C(=O)N2CCN(c3ccc(C)c(F)c3)C(=O)C2C)c1. The smallest absolute Gasteiger partial charge is 0.254 e. The molecule has 2 amide bonds. The standard InChI is InChI=1S/C20H21FN2O3/c1-13-7-8-16(12-18(13)21)23-10-9-22(14(2)19(23)24)20(25)15-5-4-6-17(11-15)26-3/h4-8,11-12,14H,9-10H2,1-3H3. The lowest BCUT2D eigenvalue weighted by Gasteiger charge is -2.39. The Kier molecular flexibility index (Phi) is 4.93. The van der Waals surface area contributed by atoms with Gasteiger partial charge in [-0.3, -0.25) is 9.59 Å². The van der Waals surface area contributed by atoms with Crippen LogP contribution in [0.15, 0.2) is 42.5 Å². The highest BCUT2D eigenvalue weighted by atomic mass is 19.1. The van der Waals surface area contributed by atoms with Crippen LogP contribution in [0.1, 0.15) is 22.8 Å². The second-order valence-electron chi connectivity index (χ2n) is 6.33. The van der Waals surface area contributed by atoms with E-state index in [1.807, 2.05) is 0 Å². The van der Waals surface area contributed by atoms with Crippen LogP contribution in [0.4, 0.5) is 10.1 Å². The summed E-state index contributed by atoms with van der Waals surface area (Å²) < 4.78 is 19.0. The number of benzene rings is 2. The number of methoxy groups -OCH3 is 1. The Morgan fingerprint density at radius 2 is 1.96 bits per heavy atom. The van der Waals surface area contributed by atoms with Crippen LogP contribution in [0.2, 0.25) is 0 Å². The molecule has 2 aromatic rings. The Morgan fingerprint density at radius 3 is 2.65 bits per heavy atom. The monoisotopic (exact) mass is 356 g/mol. The van der Waals surface area contributed by atoms with Crippen LogP contribution in [-0.4, -0.2) is 43.0 Å². The molecule has 1 saturated heterocycles. The molecular formula is C20H21FN2O3. The van der Waals surface area contributed by atoms with Gasteiger partial charge in [-0.15, -0.1) is 0 Å². The molecule has 0 radical (unpaired) electrons. The van der Waals surface area contributed by atoms with Crippen molar-refractivity contribution in [3.05, 3.63) is 59.4 Å². The van der Waals surface area contributed by atoms with Crippen molar-refractivity contribution in [3.8, 4) is 5.75 Å². The predicted molar refractivity (Wildman–Crippen MR) is 97.0 cm³/mol. The summed E-state index contributed by atoms with van der Waals surface area (Å²) in [5, 5.41) is 0. The van der Waals surface area contributed by atoms with E-state index in [0.29, 0.717) is 35.7 Å². The molecule has 1 unspecified atom stereocenters. The van der Waals surface area contributed by atoms with Gasteiger partial charge in [-0.25, -0.2) is 4.39 Å². The predicted octanol–water partition coefficient (Wildman–Crippen LogP) is 3.02. The van der Waals surface area contributed by atoms with Crippen molar-refractivity contribution in [2.24, 2.45) is 0 Å². The topological polar surface area (TPSA) is 49.9 Å². The summed E-state index contributed by atoms with van der Waals surface area (Å²) in [7, 11) is 1.54. The molecule has 0 aliphatic carbocycles. The Bertz CT molecular complexity index is 853. The van der Waals surface area contributed by atoms with E-state index < -0.39 is 6.04 Å². The quantitative estimate of drug-likeness (QED) is 0.849. The maximum absolute atomic E-state index is 13.8. The molecule has 136 valence electrons. The molecule has 2 aromatic carbocycles. The molecule has 3 rings (SSSR count). The van der Waals surface area contributed by atoms with Gasteiger partial charge in [0.15, 0.2) is 0 Å². The summed E-state index contributed by atoms with van der Waals surface area (Å²) in [5.74, 6) is -0.211. The number of hydrogen-bond donors (Lipinski definition) is 0. The van der Waals surface area contributed by atoms with Crippen LogP contribution in [0, 0.1) is 12.7 Å². The molecule has 1 atom stereocenters. The lowest BCUT2D eigenvalue weighted by Crippen LogP contribution is -2.57. The first kappa shape index (κ1) is 17.9. The minimum atomic E-state index is -0.633. The number of ether oxygens (including phenoxy) is 1. The van der Waals surface area contributed by atoms with Crippen molar-refractivity contribution in [3.63, 3.8) is 0 Å². The molecule has 0 saturated carbocycles. The Labute approximate surface area is 152 Å². The fourth-order valence-electron chi connectivity index (χ4n) is 3.08. The molecule has 6 heteroatoms. The van der Waals surface area contributed by atoms with E-state index in [-0.39, 0.29) is 17.6 Å². The first-order valence-electron chi connectivity index (χ1n) is 8.45. The van der Waals surface area contributed by atoms with E-state index in [1.165, 1.54) is 23.0 Å². The van der Waals surface area contributed by atoms with E-state index >= 15 is 0 Å². The lowest BCUT2D eigenvalue weighted by atomic mass is 10.1. The third-order valence-corrected chi connectivity index (χ3v) is 4.70. The molecular weight excluding hydrogens is 335 g/mol. The first-order valence-corrected chi connectivity index (χ1v) is 8.45. The fraction of sp³-hybridized carbons (Fsp3) is 0.300. The zero-order valence-corrected chi connectivity index (χ0v) is 15.0. The van der Waals surface area contributed by atoms with Gasteiger partial charge in [0.05, 0.1) is 7.11 Å². The third kappa shape index (κ3) is 3.27. The van der Waals surface area contributed by atoms with Gasteiger partial charge in [0.2, 0.25) is 5.91 Å². The van der Waals surface area contributed by atoms with Crippen molar-refractivity contribution in [1.29, 1.82) is 0 Å².